The highest BCUT2D eigenvalue weighted by Gasteiger charge is 2.21. The molecule has 0 saturated carbocycles. The average Bonchev–Trinajstić information content (AvgIpc) is 2.54. The molecule has 0 atom stereocenters. The van der Waals surface area contributed by atoms with Crippen LogP contribution in [0.25, 0.3) is 0 Å². The molecule has 2 rings (SSSR count). The number of thioether (sulfide) groups is 1. The third-order valence-electron chi connectivity index (χ3n) is 4.66. The van der Waals surface area contributed by atoms with Crippen molar-refractivity contribution in [1.29, 1.82) is 0 Å². The van der Waals surface area contributed by atoms with E-state index in [0.717, 1.165) is 26.6 Å². The zero-order valence-electron chi connectivity index (χ0n) is 16.9. The lowest BCUT2D eigenvalue weighted by Crippen LogP contribution is -2.08. The first-order valence-corrected chi connectivity index (χ1v) is 10.4. The van der Waals surface area contributed by atoms with Gasteiger partial charge in [0, 0.05) is 16.0 Å². The summed E-state index contributed by atoms with van der Waals surface area (Å²) in [5, 5.41) is 0. The molecule has 2 nitrogen and oxygen atoms in total. The third kappa shape index (κ3) is 4.07. The van der Waals surface area contributed by atoms with Crippen molar-refractivity contribution in [3.63, 3.8) is 0 Å². The first kappa shape index (κ1) is 20.8. The summed E-state index contributed by atoms with van der Waals surface area (Å²) in [4.78, 5) is 1.18. The van der Waals surface area contributed by atoms with Crippen molar-refractivity contribution in [3.05, 3.63) is 57.1 Å². The largest absolute Gasteiger partial charge is 0.496 e. The average molecular weight is 389 g/mol. The van der Waals surface area contributed by atoms with E-state index < -0.39 is 0 Å². The summed E-state index contributed by atoms with van der Waals surface area (Å²) in [6.45, 7) is 14.8. The SMILES string of the molecule is COc1cc(C)c(C(Sc2c(C)cc(C)cc2C)=S=O)c(C)c1C(C)C. The second-order valence-electron chi connectivity index (χ2n) is 7.16. The van der Waals surface area contributed by atoms with Gasteiger partial charge < -0.3 is 4.74 Å². The molecule has 2 aromatic carbocycles. The van der Waals surface area contributed by atoms with Crippen LogP contribution in [0, 0.1) is 34.6 Å². The molecular weight excluding hydrogens is 360 g/mol. The number of hydrogen-bond acceptors (Lipinski definition) is 3. The van der Waals surface area contributed by atoms with E-state index in [1.807, 2.05) is 0 Å². The van der Waals surface area contributed by atoms with Gasteiger partial charge in [0.05, 0.1) is 7.11 Å². The molecule has 0 bridgehead atoms. The fourth-order valence-corrected chi connectivity index (χ4v) is 5.52. The fourth-order valence-electron chi connectivity index (χ4n) is 3.69. The van der Waals surface area contributed by atoms with E-state index in [9.17, 15) is 4.21 Å². The predicted molar refractivity (Wildman–Crippen MR) is 115 cm³/mol. The van der Waals surface area contributed by atoms with Crippen LogP contribution in [0.1, 0.15) is 58.7 Å². The first-order chi connectivity index (χ1) is 12.2. The Hall–Kier alpha value is -1.52. The molecule has 0 heterocycles. The minimum absolute atomic E-state index is 0.329. The van der Waals surface area contributed by atoms with E-state index in [1.54, 1.807) is 18.9 Å². The lowest BCUT2D eigenvalue weighted by molar-refractivity contribution is 0.406. The highest BCUT2D eigenvalue weighted by molar-refractivity contribution is 8.21. The Morgan fingerprint density at radius 1 is 0.962 bits per heavy atom. The van der Waals surface area contributed by atoms with Crippen LogP contribution in [0.3, 0.4) is 0 Å². The highest BCUT2D eigenvalue weighted by atomic mass is 32.2. The molecule has 0 radical (unpaired) electrons. The lowest BCUT2D eigenvalue weighted by atomic mass is 9.91. The molecule has 0 unspecified atom stereocenters. The molecule has 0 aliphatic heterocycles. The molecule has 0 amide bonds. The third-order valence-corrected chi connectivity index (χ3v) is 6.71. The van der Waals surface area contributed by atoms with E-state index in [1.165, 1.54) is 27.1 Å². The van der Waals surface area contributed by atoms with Crippen LogP contribution in [0.5, 0.6) is 5.75 Å². The Kier molecular flexibility index (Phi) is 6.75. The highest BCUT2D eigenvalue weighted by Crippen LogP contribution is 2.38. The summed E-state index contributed by atoms with van der Waals surface area (Å²) in [7, 11) is 1.71. The van der Waals surface area contributed by atoms with Crippen molar-refractivity contribution >= 4 is 27.2 Å². The minimum Gasteiger partial charge on any atom is -0.496 e. The molecule has 0 saturated heterocycles. The first-order valence-electron chi connectivity index (χ1n) is 8.82. The van der Waals surface area contributed by atoms with E-state index >= 15 is 0 Å². The Bertz CT molecular complexity index is 868. The molecular formula is C22H28O2S2. The van der Waals surface area contributed by atoms with Gasteiger partial charge in [-0.15, -0.1) is 0 Å². The summed E-state index contributed by atoms with van der Waals surface area (Å²) in [6.07, 6.45) is 0. The van der Waals surface area contributed by atoms with Crippen molar-refractivity contribution in [2.45, 2.75) is 59.3 Å². The van der Waals surface area contributed by atoms with Gasteiger partial charge in [0.25, 0.3) is 0 Å². The van der Waals surface area contributed by atoms with Crippen molar-refractivity contribution in [2.24, 2.45) is 0 Å². The van der Waals surface area contributed by atoms with Gasteiger partial charge >= 0.3 is 0 Å². The Morgan fingerprint density at radius 2 is 1.54 bits per heavy atom. The van der Waals surface area contributed by atoms with Gasteiger partial charge in [-0.05, 0) is 68.9 Å². The standard InChI is InChI=1S/C22H28O2S2/c1-12(2)19-17(7)20(14(4)11-18(19)24-8)22(26-23)25-21-15(5)9-13(3)10-16(21)6/h9-12H,1-8H3. The molecule has 0 aromatic heterocycles. The number of methoxy groups -OCH3 is 1. The summed E-state index contributed by atoms with van der Waals surface area (Å²) < 4.78 is 18.5. The maximum Gasteiger partial charge on any atom is 0.122 e. The molecule has 0 spiro atoms. The lowest BCUT2D eigenvalue weighted by Gasteiger charge is -2.21. The Balaban J connectivity index is 2.63. The van der Waals surface area contributed by atoms with Crippen molar-refractivity contribution in [1.82, 2.24) is 0 Å². The van der Waals surface area contributed by atoms with Crippen LogP contribution in [0.2, 0.25) is 0 Å². The summed E-state index contributed by atoms with van der Waals surface area (Å²) in [5.74, 6) is 1.23. The smallest absolute Gasteiger partial charge is 0.122 e. The quantitative estimate of drug-likeness (QED) is 0.486. The maximum atomic E-state index is 12.1. The number of ether oxygens (including phenoxy) is 1. The number of rotatable bonds is 4. The van der Waals surface area contributed by atoms with E-state index in [0.29, 0.717) is 17.2 Å². The number of aryl methyl sites for hydroxylation is 4. The topological polar surface area (TPSA) is 26.3 Å². The van der Waals surface area contributed by atoms with Gasteiger partial charge in [0.1, 0.15) is 21.2 Å². The summed E-state index contributed by atoms with van der Waals surface area (Å²) in [6, 6.07) is 6.41. The zero-order valence-corrected chi connectivity index (χ0v) is 18.6. The fraction of sp³-hybridized carbons (Fsp3) is 0.409. The molecule has 0 fully saturated rings. The molecule has 140 valence electrons. The summed E-state index contributed by atoms with van der Waals surface area (Å²) in [5.41, 5.74) is 8.14. The van der Waals surface area contributed by atoms with Gasteiger partial charge in [0.15, 0.2) is 0 Å². The predicted octanol–water partition coefficient (Wildman–Crippen LogP) is 5.84. The summed E-state index contributed by atoms with van der Waals surface area (Å²) >= 11 is 2.18. The Labute approximate surface area is 165 Å². The van der Waals surface area contributed by atoms with Crippen LogP contribution >= 0.6 is 11.8 Å². The van der Waals surface area contributed by atoms with Crippen LogP contribution in [-0.4, -0.2) is 15.5 Å². The monoisotopic (exact) mass is 388 g/mol. The van der Waals surface area contributed by atoms with Gasteiger partial charge in [-0.3, -0.25) is 0 Å². The molecule has 0 aliphatic rings. The van der Waals surface area contributed by atoms with Gasteiger partial charge in [-0.1, -0.05) is 43.3 Å². The van der Waals surface area contributed by atoms with E-state index in [2.05, 4.69) is 66.7 Å². The van der Waals surface area contributed by atoms with Crippen molar-refractivity contribution in [2.75, 3.05) is 7.11 Å². The van der Waals surface area contributed by atoms with Gasteiger partial charge in [-0.2, -0.15) is 0 Å². The molecule has 4 heteroatoms. The normalized spacial score (nSPS) is 11.0. The molecule has 26 heavy (non-hydrogen) atoms. The number of hydrogen-bond donors (Lipinski definition) is 0. The molecule has 0 aliphatic carbocycles. The van der Waals surface area contributed by atoms with Crippen LogP contribution in [0.15, 0.2) is 23.1 Å². The Morgan fingerprint density at radius 3 is 2.00 bits per heavy atom. The van der Waals surface area contributed by atoms with E-state index in [4.69, 9.17) is 4.74 Å². The maximum absolute atomic E-state index is 12.1. The molecule has 0 N–H and O–H groups in total. The van der Waals surface area contributed by atoms with E-state index in [-0.39, 0.29) is 0 Å². The molecule has 2 aromatic rings. The minimum atomic E-state index is 0.329. The van der Waals surface area contributed by atoms with Crippen molar-refractivity contribution < 1.29 is 8.95 Å². The van der Waals surface area contributed by atoms with Crippen LogP contribution < -0.4 is 4.74 Å². The second-order valence-corrected chi connectivity index (χ2v) is 9.02. The zero-order chi connectivity index (χ0) is 19.6. The van der Waals surface area contributed by atoms with Gasteiger partial charge in [0.2, 0.25) is 0 Å². The van der Waals surface area contributed by atoms with Crippen LogP contribution in [0.4, 0.5) is 0 Å². The van der Waals surface area contributed by atoms with Crippen LogP contribution in [-0.2, 0) is 11.3 Å². The second kappa shape index (κ2) is 8.45. The number of benzene rings is 2. The van der Waals surface area contributed by atoms with Crippen molar-refractivity contribution in [3.8, 4) is 5.75 Å². The van der Waals surface area contributed by atoms with Gasteiger partial charge in [-0.25, -0.2) is 4.21 Å².